The van der Waals surface area contributed by atoms with Gasteiger partial charge < -0.3 is 14.8 Å². The monoisotopic (exact) mass is 475 g/mol. The van der Waals surface area contributed by atoms with Gasteiger partial charge in [0.2, 0.25) is 0 Å². The SMILES string of the molecule is CCCOC(=O)C1=C(C)NC2=C(C(=O)[C@@H](C(=O)OC)[C@@H](C)C2)[C@@H]1c1ccccc1Br. The van der Waals surface area contributed by atoms with E-state index in [9.17, 15) is 14.4 Å². The lowest BCUT2D eigenvalue weighted by Gasteiger charge is -2.38. The molecule has 0 fully saturated rings. The Morgan fingerprint density at radius 1 is 1.27 bits per heavy atom. The van der Waals surface area contributed by atoms with Gasteiger partial charge in [0, 0.05) is 27.4 Å². The van der Waals surface area contributed by atoms with E-state index in [0.29, 0.717) is 36.3 Å². The third-order valence-corrected chi connectivity index (χ3v) is 6.34. The van der Waals surface area contributed by atoms with Crippen LogP contribution in [0, 0.1) is 11.8 Å². The Morgan fingerprint density at radius 2 is 1.97 bits per heavy atom. The first kappa shape index (κ1) is 22.3. The molecule has 0 unspecified atom stereocenters. The van der Waals surface area contributed by atoms with E-state index in [2.05, 4.69) is 21.2 Å². The number of methoxy groups -OCH3 is 1. The van der Waals surface area contributed by atoms with Crippen molar-refractivity contribution in [1.29, 1.82) is 0 Å². The van der Waals surface area contributed by atoms with Crippen LogP contribution in [0.2, 0.25) is 0 Å². The Morgan fingerprint density at radius 3 is 2.60 bits per heavy atom. The second-order valence-electron chi connectivity index (χ2n) is 7.69. The summed E-state index contributed by atoms with van der Waals surface area (Å²) < 4.78 is 11.1. The summed E-state index contributed by atoms with van der Waals surface area (Å²) in [5.74, 6) is -3.06. The minimum atomic E-state index is -0.896. The highest BCUT2D eigenvalue weighted by Crippen LogP contribution is 2.46. The smallest absolute Gasteiger partial charge is 0.336 e. The number of carbonyl (C=O) groups excluding carboxylic acids is 3. The number of dihydropyridines is 1. The van der Waals surface area contributed by atoms with Gasteiger partial charge >= 0.3 is 11.9 Å². The molecule has 3 atom stereocenters. The summed E-state index contributed by atoms with van der Waals surface area (Å²) in [6.45, 7) is 5.90. The fourth-order valence-electron chi connectivity index (χ4n) is 4.24. The molecule has 0 radical (unpaired) electrons. The van der Waals surface area contributed by atoms with Crippen LogP contribution in [0.5, 0.6) is 0 Å². The molecule has 1 aliphatic heterocycles. The van der Waals surface area contributed by atoms with Crippen molar-refractivity contribution >= 4 is 33.7 Å². The number of halogens is 1. The fraction of sp³-hybridized carbons (Fsp3) is 0.435. The van der Waals surface area contributed by atoms with Crippen molar-refractivity contribution in [3.8, 4) is 0 Å². The van der Waals surface area contributed by atoms with Crippen molar-refractivity contribution in [2.75, 3.05) is 13.7 Å². The zero-order chi connectivity index (χ0) is 22.0. The van der Waals surface area contributed by atoms with Crippen molar-refractivity contribution in [3.63, 3.8) is 0 Å². The molecular weight excluding hydrogens is 450 g/mol. The van der Waals surface area contributed by atoms with Crippen LogP contribution in [0.15, 0.2) is 51.3 Å². The van der Waals surface area contributed by atoms with E-state index in [1.54, 1.807) is 0 Å². The molecule has 7 heteroatoms. The molecule has 0 bridgehead atoms. The van der Waals surface area contributed by atoms with Crippen molar-refractivity contribution in [3.05, 3.63) is 56.8 Å². The molecule has 1 aromatic rings. The normalized spacial score (nSPS) is 23.6. The van der Waals surface area contributed by atoms with Crippen LogP contribution in [-0.2, 0) is 23.9 Å². The number of Topliss-reactive ketones (excluding diaryl/α,β-unsaturated/α-hetero) is 1. The fourth-order valence-corrected chi connectivity index (χ4v) is 4.76. The molecular formula is C23H26BrNO5. The number of hydrogen-bond acceptors (Lipinski definition) is 6. The Bertz CT molecular complexity index is 949. The maximum atomic E-state index is 13.6. The van der Waals surface area contributed by atoms with E-state index in [1.165, 1.54) is 7.11 Å². The first-order valence-corrected chi connectivity index (χ1v) is 10.8. The number of benzene rings is 1. The van der Waals surface area contributed by atoms with Crippen LogP contribution in [0.1, 0.15) is 45.1 Å². The van der Waals surface area contributed by atoms with Gasteiger partial charge in [0.15, 0.2) is 5.78 Å². The highest BCUT2D eigenvalue weighted by molar-refractivity contribution is 9.10. The lowest BCUT2D eigenvalue weighted by molar-refractivity contribution is -0.151. The molecule has 1 heterocycles. The second-order valence-corrected chi connectivity index (χ2v) is 8.55. The third kappa shape index (κ3) is 3.95. The van der Waals surface area contributed by atoms with E-state index in [0.717, 1.165) is 15.7 Å². The van der Waals surface area contributed by atoms with Gasteiger partial charge in [-0.1, -0.05) is 48.0 Å². The predicted octanol–water partition coefficient (Wildman–Crippen LogP) is 4.02. The molecule has 3 rings (SSSR count). The van der Waals surface area contributed by atoms with E-state index in [-0.39, 0.29) is 11.7 Å². The summed E-state index contributed by atoms with van der Waals surface area (Å²) in [6, 6.07) is 7.48. The van der Waals surface area contributed by atoms with Crippen molar-refractivity contribution < 1.29 is 23.9 Å². The Labute approximate surface area is 184 Å². The van der Waals surface area contributed by atoms with Gasteiger partial charge in [-0.25, -0.2) is 4.79 Å². The molecule has 2 aliphatic rings. The Balaban J connectivity index is 2.18. The molecule has 160 valence electrons. The average molecular weight is 476 g/mol. The summed E-state index contributed by atoms with van der Waals surface area (Å²) >= 11 is 3.57. The molecule has 30 heavy (non-hydrogen) atoms. The quantitative estimate of drug-likeness (QED) is 0.511. The lowest BCUT2D eigenvalue weighted by atomic mass is 9.69. The van der Waals surface area contributed by atoms with Crippen LogP contribution < -0.4 is 5.32 Å². The third-order valence-electron chi connectivity index (χ3n) is 5.62. The molecule has 0 saturated heterocycles. The van der Waals surface area contributed by atoms with Crippen LogP contribution >= 0.6 is 15.9 Å². The van der Waals surface area contributed by atoms with Gasteiger partial charge in [-0.15, -0.1) is 0 Å². The highest BCUT2D eigenvalue weighted by atomic mass is 79.9. The number of esters is 2. The lowest BCUT2D eigenvalue weighted by Crippen LogP contribution is -2.43. The van der Waals surface area contributed by atoms with Gasteiger partial charge in [-0.2, -0.15) is 0 Å². The predicted molar refractivity (Wildman–Crippen MR) is 115 cm³/mol. The summed E-state index contributed by atoms with van der Waals surface area (Å²) in [4.78, 5) is 39.0. The molecule has 6 nitrogen and oxygen atoms in total. The highest BCUT2D eigenvalue weighted by Gasteiger charge is 2.47. The average Bonchev–Trinajstić information content (AvgIpc) is 2.71. The Kier molecular flexibility index (Phi) is 6.81. The summed E-state index contributed by atoms with van der Waals surface area (Å²) in [6.07, 6.45) is 1.20. The van der Waals surface area contributed by atoms with Gasteiger partial charge in [0.1, 0.15) is 5.92 Å². The molecule has 0 spiro atoms. The van der Waals surface area contributed by atoms with E-state index in [4.69, 9.17) is 9.47 Å². The summed E-state index contributed by atoms with van der Waals surface area (Å²) in [5.41, 5.74) is 3.01. The van der Waals surface area contributed by atoms with Crippen LogP contribution in [-0.4, -0.2) is 31.4 Å². The number of ketones is 1. The van der Waals surface area contributed by atoms with Gasteiger partial charge in [-0.05, 0) is 37.3 Å². The Hall–Kier alpha value is -2.41. The van der Waals surface area contributed by atoms with Crippen molar-refractivity contribution in [2.24, 2.45) is 11.8 Å². The number of nitrogens with one attached hydrogen (secondary N) is 1. The zero-order valence-electron chi connectivity index (χ0n) is 17.6. The zero-order valence-corrected chi connectivity index (χ0v) is 19.2. The molecule has 1 aromatic carbocycles. The number of carbonyl (C=O) groups is 3. The molecule has 1 aliphatic carbocycles. The van der Waals surface area contributed by atoms with Crippen LogP contribution in [0.4, 0.5) is 0 Å². The number of hydrogen-bond donors (Lipinski definition) is 1. The summed E-state index contributed by atoms with van der Waals surface area (Å²) in [7, 11) is 1.29. The molecule has 0 saturated carbocycles. The maximum Gasteiger partial charge on any atom is 0.336 e. The minimum Gasteiger partial charge on any atom is -0.468 e. The van der Waals surface area contributed by atoms with Gasteiger partial charge in [0.05, 0.1) is 19.3 Å². The minimum absolute atomic E-state index is 0.211. The first-order chi connectivity index (χ1) is 14.3. The van der Waals surface area contributed by atoms with Crippen molar-refractivity contribution in [2.45, 2.75) is 39.5 Å². The summed E-state index contributed by atoms with van der Waals surface area (Å²) in [5, 5.41) is 3.25. The van der Waals surface area contributed by atoms with Gasteiger partial charge in [-0.3, -0.25) is 9.59 Å². The van der Waals surface area contributed by atoms with E-state index in [1.807, 2.05) is 45.0 Å². The number of rotatable bonds is 5. The largest absolute Gasteiger partial charge is 0.468 e. The van der Waals surface area contributed by atoms with Crippen molar-refractivity contribution in [1.82, 2.24) is 5.32 Å². The first-order valence-electron chi connectivity index (χ1n) is 10.1. The molecule has 1 N–H and O–H groups in total. The topological polar surface area (TPSA) is 81.7 Å². The van der Waals surface area contributed by atoms with E-state index < -0.39 is 23.8 Å². The second kappa shape index (κ2) is 9.16. The molecule has 0 aromatic heterocycles. The number of ether oxygens (including phenoxy) is 2. The van der Waals surface area contributed by atoms with Crippen LogP contribution in [0.3, 0.4) is 0 Å². The number of allylic oxidation sites excluding steroid dienone is 3. The van der Waals surface area contributed by atoms with Crippen LogP contribution in [0.25, 0.3) is 0 Å². The van der Waals surface area contributed by atoms with Gasteiger partial charge in [0.25, 0.3) is 0 Å². The maximum absolute atomic E-state index is 13.6. The van der Waals surface area contributed by atoms with E-state index >= 15 is 0 Å². The molecule has 0 amide bonds. The standard InChI is InChI=1S/C23H26BrNO5/c1-5-10-30-23(28)18-13(3)25-16-11-12(2)17(22(27)29-4)21(26)20(16)19(18)14-8-6-7-9-15(14)24/h6-9,12,17,19,25H,5,10-11H2,1-4H3/t12-,17-,19+/m0/s1.